The number of hydrogen-bond acceptors (Lipinski definition) is 2. The number of hydrogen-bond donors (Lipinski definition) is 2. The topological polar surface area (TPSA) is 62.0 Å². The van der Waals surface area contributed by atoms with Gasteiger partial charge in [-0.25, -0.2) is 0 Å². The molecule has 0 saturated heterocycles. The van der Waals surface area contributed by atoms with Crippen molar-refractivity contribution < 1.29 is 4.79 Å². The summed E-state index contributed by atoms with van der Waals surface area (Å²) in [5.41, 5.74) is 1.18. The fraction of sp³-hybridized carbons (Fsp3) is 0.250. The van der Waals surface area contributed by atoms with Gasteiger partial charge in [0.2, 0.25) is 11.5 Å². The molecule has 1 rings (SSSR count). The van der Waals surface area contributed by atoms with E-state index in [0.29, 0.717) is 5.69 Å². The second-order valence-electron chi connectivity index (χ2n) is 2.58. The third-order valence-electron chi connectivity index (χ3n) is 1.44. The molecule has 0 atom stereocenters. The van der Waals surface area contributed by atoms with Gasteiger partial charge < -0.3 is 10.3 Å². The predicted octanol–water partition coefficient (Wildman–Crippen LogP) is 0.642. The molecule has 0 aliphatic carbocycles. The van der Waals surface area contributed by atoms with Crippen molar-refractivity contribution >= 4 is 11.6 Å². The van der Waals surface area contributed by atoms with Gasteiger partial charge in [0, 0.05) is 19.2 Å². The standard InChI is InChI=1S/C8H10N2O2/c1-5-4-9-8(12)3-7(5)10-6(2)11/h3-4H,1-2H3,(H2,9,10,11,12). The molecule has 0 spiro atoms. The number of rotatable bonds is 1. The number of pyridine rings is 1. The van der Waals surface area contributed by atoms with Gasteiger partial charge in [0.15, 0.2) is 0 Å². The van der Waals surface area contributed by atoms with E-state index in [2.05, 4.69) is 10.3 Å². The number of nitrogens with one attached hydrogen (secondary N) is 2. The van der Waals surface area contributed by atoms with Crippen LogP contribution in [0.5, 0.6) is 0 Å². The van der Waals surface area contributed by atoms with Gasteiger partial charge in [0.25, 0.3) is 0 Å². The average molecular weight is 166 g/mol. The summed E-state index contributed by atoms with van der Waals surface area (Å²) in [6.07, 6.45) is 1.56. The van der Waals surface area contributed by atoms with Gasteiger partial charge in [-0.1, -0.05) is 0 Å². The van der Waals surface area contributed by atoms with Crippen LogP contribution >= 0.6 is 0 Å². The van der Waals surface area contributed by atoms with Crippen LogP contribution in [-0.4, -0.2) is 10.9 Å². The molecule has 1 aromatic heterocycles. The zero-order valence-corrected chi connectivity index (χ0v) is 6.97. The highest BCUT2D eigenvalue weighted by Gasteiger charge is 1.99. The molecule has 0 aliphatic rings. The number of aromatic amines is 1. The quantitative estimate of drug-likeness (QED) is 0.643. The number of amides is 1. The van der Waals surface area contributed by atoms with Crippen molar-refractivity contribution in [3.63, 3.8) is 0 Å². The maximum Gasteiger partial charge on any atom is 0.250 e. The van der Waals surface area contributed by atoms with Gasteiger partial charge in [-0.15, -0.1) is 0 Å². The van der Waals surface area contributed by atoms with E-state index in [4.69, 9.17) is 0 Å². The van der Waals surface area contributed by atoms with Crippen molar-refractivity contribution in [1.29, 1.82) is 0 Å². The van der Waals surface area contributed by atoms with Crippen LogP contribution in [0.3, 0.4) is 0 Å². The summed E-state index contributed by atoms with van der Waals surface area (Å²) >= 11 is 0. The SMILES string of the molecule is CC(=O)Nc1cc(=O)[nH]cc1C. The second-order valence-corrected chi connectivity index (χ2v) is 2.58. The summed E-state index contributed by atoms with van der Waals surface area (Å²) in [4.78, 5) is 24.0. The van der Waals surface area contributed by atoms with Crippen LogP contribution < -0.4 is 10.9 Å². The van der Waals surface area contributed by atoms with Crippen LogP contribution in [0.2, 0.25) is 0 Å². The fourth-order valence-corrected chi connectivity index (χ4v) is 0.868. The van der Waals surface area contributed by atoms with Crippen LogP contribution in [0.4, 0.5) is 5.69 Å². The minimum Gasteiger partial charge on any atom is -0.329 e. The van der Waals surface area contributed by atoms with Crippen molar-refractivity contribution in [1.82, 2.24) is 4.98 Å². The lowest BCUT2D eigenvalue weighted by atomic mass is 10.2. The van der Waals surface area contributed by atoms with Gasteiger partial charge in [0.1, 0.15) is 0 Å². The number of H-pyrrole nitrogens is 1. The van der Waals surface area contributed by atoms with Gasteiger partial charge in [-0.3, -0.25) is 9.59 Å². The van der Waals surface area contributed by atoms with Crippen molar-refractivity contribution in [3.05, 3.63) is 28.2 Å². The van der Waals surface area contributed by atoms with Crippen LogP contribution in [-0.2, 0) is 4.79 Å². The van der Waals surface area contributed by atoms with Gasteiger partial charge in [-0.2, -0.15) is 0 Å². The fourth-order valence-electron chi connectivity index (χ4n) is 0.868. The minimum atomic E-state index is -0.218. The van der Waals surface area contributed by atoms with Crippen molar-refractivity contribution in [3.8, 4) is 0 Å². The molecule has 1 aromatic rings. The van der Waals surface area contributed by atoms with E-state index in [1.54, 1.807) is 13.1 Å². The third kappa shape index (κ3) is 1.95. The van der Waals surface area contributed by atoms with E-state index in [-0.39, 0.29) is 11.5 Å². The number of carbonyl (C=O) groups is 1. The minimum absolute atomic E-state index is 0.177. The second kappa shape index (κ2) is 3.21. The lowest BCUT2D eigenvalue weighted by Crippen LogP contribution is -2.12. The predicted molar refractivity (Wildman–Crippen MR) is 46.1 cm³/mol. The molecular formula is C8H10N2O2. The first kappa shape index (κ1) is 8.52. The van der Waals surface area contributed by atoms with E-state index in [1.165, 1.54) is 13.0 Å². The third-order valence-corrected chi connectivity index (χ3v) is 1.44. The van der Waals surface area contributed by atoms with E-state index in [9.17, 15) is 9.59 Å². The van der Waals surface area contributed by atoms with Crippen molar-refractivity contribution in [2.45, 2.75) is 13.8 Å². The molecule has 0 radical (unpaired) electrons. The summed E-state index contributed by atoms with van der Waals surface area (Å²) < 4.78 is 0. The van der Waals surface area contributed by atoms with Crippen LogP contribution in [0.1, 0.15) is 12.5 Å². The maximum atomic E-state index is 10.8. The molecule has 4 nitrogen and oxygen atoms in total. The lowest BCUT2D eigenvalue weighted by molar-refractivity contribution is -0.114. The van der Waals surface area contributed by atoms with Gasteiger partial charge >= 0.3 is 0 Å². The highest BCUT2D eigenvalue weighted by molar-refractivity contribution is 5.89. The number of aryl methyl sites for hydroxylation is 1. The van der Waals surface area contributed by atoms with Crippen LogP contribution in [0.15, 0.2) is 17.1 Å². The highest BCUT2D eigenvalue weighted by atomic mass is 16.1. The molecule has 12 heavy (non-hydrogen) atoms. The Morgan fingerprint density at radius 2 is 2.25 bits per heavy atom. The van der Waals surface area contributed by atoms with Crippen molar-refractivity contribution in [2.75, 3.05) is 5.32 Å². The molecule has 2 N–H and O–H groups in total. The largest absolute Gasteiger partial charge is 0.329 e. The molecule has 0 aliphatic heterocycles. The Kier molecular flexibility index (Phi) is 2.28. The molecule has 0 aromatic carbocycles. The molecule has 1 heterocycles. The lowest BCUT2D eigenvalue weighted by Gasteiger charge is -2.03. The Bertz CT molecular complexity index is 354. The number of aromatic nitrogens is 1. The molecular weight excluding hydrogens is 156 g/mol. The maximum absolute atomic E-state index is 10.8. The van der Waals surface area contributed by atoms with Gasteiger partial charge in [0.05, 0.1) is 5.69 Å². The normalized spacial score (nSPS) is 9.50. The Morgan fingerprint density at radius 3 is 2.83 bits per heavy atom. The monoisotopic (exact) mass is 166 g/mol. The van der Waals surface area contributed by atoms with E-state index in [0.717, 1.165) is 5.56 Å². The summed E-state index contributed by atoms with van der Waals surface area (Å²) in [5, 5.41) is 2.55. The Balaban J connectivity index is 3.05. The number of carbonyl (C=O) groups excluding carboxylic acids is 1. The first-order valence-electron chi connectivity index (χ1n) is 3.56. The van der Waals surface area contributed by atoms with E-state index >= 15 is 0 Å². The first-order valence-corrected chi connectivity index (χ1v) is 3.56. The van der Waals surface area contributed by atoms with Crippen LogP contribution in [0.25, 0.3) is 0 Å². The van der Waals surface area contributed by atoms with Gasteiger partial charge in [-0.05, 0) is 12.5 Å². The zero-order chi connectivity index (χ0) is 9.14. The average Bonchev–Trinajstić information content (AvgIpc) is 1.96. The smallest absolute Gasteiger partial charge is 0.250 e. The summed E-state index contributed by atoms with van der Waals surface area (Å²) in [6.45, 7) is 3.21. The van der Waals surface area contributed by atoms with Crippen molar-refractivity contribution in [2.24, 2.45) is 0 Å². The van der Waals surface area contributed by atoms with E-state index in [1.807, 2.05) is 0 Å². The Hall–Kier alpha value is -1.58. The molecule has 64 valence electrons. The molecule has 0 unspecified atom stereocenters. The molecule has 0 fully saturated rings. The number of anilines is 1. The highest BCUT2D eigenvalue weighted by Crippen LogP contribution is 2.08. The first-order chi connectivity index (χ1) is 5.59. The summed E-state index contributed by atoms with van der Waals surface area (Å²) in [7, 11) is 0. The zero-order valence-electron chi connectivity index (χ0n) is 6.97. The molecule has 1 amide bonds. The molecule has 4 heteroatoms. The summed E-state index contributed by atoms with van der Waals surface area (Å²) in [5.74, 6) is -0.177. The Labute approximate surface area is 69.6 Å². The van der Waals surface area contributed by atoms with Crippen LogP contribution in [0, 0.1) is 6.92 Å². The Morgan fingerprint density at radius 1 is 1.58 bits per heavy atom. The molecule has 0 bridgehead atoms. The summed E-state index contributed by atoms with van der Waals surface area (Å²) in [6, 6.07) is 1.36. The molecule has 0 saturated carbocycles. The van der Waals surface area contributed by atoms with E-state index < -0.39 is 0 Å².